The summed E-state index contributed by atoms with van der Waals surface area (Å²) >= 11 is 1.40. The number of aromatic amines is 1. The molecule has 0 aliphatic rings. The normalized spacial score (nSPS) is 12.0. The van der Waals surface area contributed by atoms with Crippen molar-refractivity contribution in [3.63, 3.8) is 0 Å². The van der Waals surface area contributed by atoms with Gasteiger partial charge in [-0.15, -0.1) is 0 Å². The second kappa shape index (κ2) is 9.42. The lowest BCUT2D eigenvalue weighted by Crippen LogP contribution is -2.29. The number of aryl methyl sites for hydroxylation is 1. The van der Waals surface area contributed by atoms with E-state index in [2.05, 4.69) is 34.3 Å². The van der Waals surface area contributed by atoms with E-state index in [1.54, 1.807) is 0 Å². The first kappa shape index (κ1) is 19.2. The van der Waals surface area contributed by atoms with Crippen LogP contribution in [0.25, 0.3) is 0 Å². The lowest BCUT2D eigenvalue weighted by molar-refractivity contribution is -0.121. The Morgan fingerprint density at radius 3 is 2.64 bits per heavy atom. The van der Waals surface area contributed by atoms with Gasteiger partial charge in [-0.3, -0.25) is 9.59 Å². The number of aromatic nitrogens is 2. The highest BCUT2D eigenvalue weighted by Crippen LogP contribution is 2.18. The Labute approximate surface area is 152 Å². The number of carbonyl (C=O) groups excluding carboxylic acids is 1. The molecule has 25 heavy (non-hydrogen) atoms. The van der Waals surface area contributed by atoms with E-state index < -0.39 is 0 Å². The summed E-state index contributed by atoms with van der Waals surface area (Å²) in [5, 5.41) is 3.59. The Bertz CT molecular complexity index is 759. The molecule has 0 bridgehead atoms. The first-order valence-electron chi connectivity index (χ1n) is 8.50. The van der Waals surface area contributed by atoms with Gasteiger partial charge in [0.05, 0.1) is 0 Å². The van der Waals surface area contributed by atoms with Crippen LogP contribution in [0.15, 0.2) is 40.3 Å². The maximum absolute atomic E-state index is 12.2. The lowest BCUT2D eigenvalue weighted by Gasteiger charge is -2.16. The fourth-order valence-corrected chi connectivity index (χ4v) is 3.19. The SMILES string of the molecule is CCC(CNC(=O)CCc1c(C)nc(SC)[nH]c1=O)c1ccccc1. The molecule has 1 aromatic heterocycles. The summed E-state index contributed by atoms with van der Waals surface area (Å²) in [7, 11) is 0. The van der Waals surface area contributed by atoms with Gasteiger partial charge in [0.2, 0.25) is 5.91 Å². The highest BCUT2D eigenvalue weighted by Gasteiger charge is 2.13. The van der Waals surface area contributed by atoms with E-state index in [9.17, 15) is 9.59 Å². The molecule has 5 nitrogen and oxygen atoms in total. The highest BCUT2D eigenvalue weighted by molar-refractivity contribution is 7.98. The fraction of sp³-hybridized carbons (Fsp3) is 0.421. The molecule has 0 aliphatic heterocycles. The highest BCUT2D eigenvalue weighted by atomic mass is 32.2. The van der Waals surface area contributed by atoms with Gasteiger partial charge in [0.15, 0.2) is 5.16 Å². The van der Waals surface area contributed by atoms with Crippen LogP contribution in [0.1, 0.15) is 42.5 Å². The number of nitrogens with one attached hydrogen (secondary N) is 2. The van der Waals surface area contributed by atoms with Crippen molar-refractivity contribution in [2.24, 2.45) is 0 Å². The number of hydrogen-bond acceptors (Lipinski definition) is 4. The lowest BCUT2D eigenvalue weighted by atomic mass is 9.96. The van der Waals surface area contributed by atoms with Crippen molar-refractivity contribution in [3.8, 4) is 0 Å². The van der Waals surface area contributed by atoms with Crippen LogP contribution in [0.2, 0.25) is 0 Å². The van der Waals surface area contributed by atoms with Crippen molar-refractivity contribution < 1.29 is 4.79 Å². The monoisotopic (exact) mass is 359 g/mol. The number of amides is 1. The van der Waals surface area contributed by atoms with Gasteiger partial charge >= 0.3 is 0 Å². The van der Waals surface area contributed by atoms with Gasteiger partial charge in [-0.2, -0.15) is 0 Å². The van der Waals surface area contributed by atoms with Gasteiger partial charge in [0.1, 0.15) is 0 Å². The summed E-state index contributed by atoms with van der Waals surface area (Å²) in [6.45, 7) is 4.54. The predicted molar refractivity (Wildman–Crippen MR) is 102 cm³/mol. The molecule has 0 fully saturated rings. The minimum Gasteiger partial charge on any atom is -0.355 e. The summed E-state index contributed by atoms with van der Waals surface area (Å²) in [6.07, 6.45) is 3.51. The van der Waals surface area contributed by atoms with Crippen LogP contribution in [-0.2, 0) is 11.2 Å². The Morgan fingerprint density at radius 2 is 2.04 bits per heavy atom. The average Bonchev–Trinajstić information content (AvgIpc) is 2.62. The number of H-pyrrole nitrogens is 1. The van der Waals surface area contributed by atoms with Gasteiger partial charge in [-0.1, -0.05) is 49.0 Å². The largest absolute Gasteiger partial charge is 0.355 e. The number of nitrogens with zero attached hydrogens (tertiary/aromatic N) is 1. The maximum Gasteiger partial charge on any atom is 0.254 e. The maximum atomic E-state index is 12.2. The summed E-state index contributed by atoms with van der Waals surface area (Å²) in [6, 6.07) is 10.2. The van der Waals surface area contributed by atoms with Gasteiger partial charge in [-0.25, -0.2) is 4.98 Å². The summed E-state index contributed by atoms with van der Waals surface area (Å²) < 4.78 is 0. The van der Waals surface area contributed by atoms with Gasteiger partial charge in [0, 0.05) is 30.1 Å². The summed E-state index contributed by atoms with van der Waals surface area (Å²) in [4.78, 5) is 31.3. The molecule has 134 valence electrons. The predicted octanol–water partition coefficient (Wildman–Crippen LogP) is 3.04. The van der Waals surface area contributed by atoms with Crippen LogP contribution in [0.5, 0.6) is 0 Å². The van der Waals surface area contributed by atoms with Crippen molar-refractivity contribution in [3.05, 3.63) is 57.5 Å². The quantitative estimate of drug-likeness (QED) is 0.561. The smallest absolute Gasteiger partial charge is 0.254 e. The molecule has 6 heteroatoms. The second-order valence-corrected chi connectivity index (χ2v) is 6.75. The Balaban J connectivity index is 1.90. The van der Waals surface area contributed by atoms with Crippen molar-refractivity contribution in [1.82, 2.24) is 15.3 Å². The first-order valence-corrected chi connectivity index (χ1v) is 9.73. The molecule has 0 saturated carbocycles. The Kier molecular flexibility index (Phi) is 7.25. The molecule has 2 aromatic rings. The fourth-order valence-electron chi connectivity index (χ4n) is 2.76. The van der Waals surface area contributed by atoms with E-state index in [1.807, 2.05) is 31.4 Å². The minimum absolute atomic E-state index is 0.0397. The third kappa shape index (κ3) is 5.46. The van der Waals surface area contributed by atoms with Crippen LogP contribution in [0, 0.1) is 6.92 Å². The van der Waals surface area contributed by atoms with E-state index in [1.165, 1.54) is 17.3 Å². The number of rotatable bonds is 8. The molecule has 1 unspecified atom stereocenters. The zero-order chi connectivity index (χ0) is 18.2. The Hall–Kier alpha value is -2.08. The van der Waals surface area contributed by atoms with E-state index >= 15 is 0 Å². The number of benzene rings is 1. The van der Waals surface area contributed by atoms with Crippen LogP contribution in [0.4, 0.5) is 0 Å². The van der Waals surface area contributed by atoms with Gasteiger partial charge < -0.3 is 10.3 Å². The van der Waals surface area contributed by atoms with Gasteiger partial charge in [0.25, 0.3) is 5.56 Å². The molecule has 0 spiro atoms. The average molecular weight is 359 g/mol. The standard InChI is InChI=1S/C19H25N3O2S/c1-4-14(15-8-6-5-7-9-15)12-20-17(23)11-10-16-13(2)21-19(25-3)22-18(16)24/h5-9,14H,4,10-12H2,1-3H3,(H,20,23)(H,21,22,24). The molecule has 1 heterocycles. The molecule has 1 aromatic carbocycles. The van der Waals surface area contributed by atoms with E-state index in [4.69, 9.17) is 0 Å². The molecular formula is C19H25N3O2S. The minimum atomic E-state index is -0.152. The van der Waals surface area contributed by atoms with Crippen molar-refractivity contribution in [2.75, 3.05) is 12.8 Å². The van der Waals surface area contributed by atoms with Crippen LogP contribution in [-0.4, -0.2) is 28.7 Å². The number of hydrogen-bond donors (Lipinski definition) is 2. The molecule has 1 amide bonds. The molecule has 0 radical (unpaired) electrons. The van der Waals surface area contributed by atoms with Crippen LogP contribution < -0.4 is 10.9 Å². The van der Waals surface area contributed by atoms with Crippen molar-refractivity contribution in [2.45, 2.75) is 44.2 Å². The first-order chi connectivity index (χ1) is 12.0. The topological polar surface area (TPSA) is 74.8 Å². The summed E-state index contributed by atoms with van der Waals surface area (Å²) in [5.74, 6) is 0.264. The zero-order valence-corrected chi connectivity index (χ0v) is 15.8. The zero-order valence-electron chi connectivity index (χ0n) is 15.0. The van der Waals surface area contributed by atoms with Gasteiger partial charge in [-0.05, 0) is 31.6 Å². The molecule has 2 N–H and O–H groups in total. The van der Waals surface area contributed by atoms with Crippen LogP contribution >= 0.6 is 11.8 Å². The van der Waals surface area contributed by atoms with Crippen molar-refractivity contribution >= 4 is 17.7 Å². The van der Waals surface area contributed by atoms with Crippen LogP contribution in [0.3, 0.4) is 0 Å². The molecular weight excluding hydrogens is 334 g/mol. The van der Waals surface area contributed by atoms with E-state index in [0.29, 0.717) is 35.3 Å². The third-order valence-electron chi connectivity index (χ3n) is 4.31. The molecule has 1 atom stereocenters. The van der Waals surface area contributed by atoms with E-state index in [0.717, 1.165) is 6.42 Å². The number of carbonyl (C=O) groups is 1. The molecule has 0 saturated heterocycles. The van der Waals surface area contributed by atoms with E-state index in [-0.39, 0.29) is 17.9 Å². The molecule has 2 rings (SSSR count). The second-order valence-electron chi connectivity index (χ2n) is 5.96. The number of thioether (sulfide) groups is 1. The van der Waals surface area contributed by atoms with Crippen molar-refractivity contribution in [1.29, 1.82) is 0 Å². The Morgan fingerprint density at radius 1 is 1.32 bits per heavy atom. The molecule has 0 aliphatic carbocycles. The third-order valence-corrected chi connectivity index (χ3v) is 4.89. The summed E-state index contributed by atoms with van der Waals surface area (Å²) in [5.41, 5.74) is 2.36.